The van der Waals surface area contributed by atoms with Crippen LogP contribution in [-0.2, 0) is 0 Å². The molecule has 0 saturated heterocycles. The van der Waals surface area contributed by atoms with Gasteiger partial charge in [0.25, 0.3) is 0 Å². The SMILES string of the molecule is CCCCCCCC1CCC(CCC2CCC3CC(c4cc(F)c(OC(F)(F)F)c(F)c4)CCC3C2)CC1. The van der Waals surface area contributed by atoms with Gasteiger partial charge in [0.1, 0.15) is 0 Å². The lowest BCUT2D eigenvalue weighted by Crippen LogP contribution is -2.31. The van der Waals surface area contributed by atoms with Crippen molar-refractivity contribution in [2.45, 2.75) is 135 Å². The minimum absolute atomic E-state index is 0.00133. The van der Waals surface area contributed by atoms with Crippen molar-refractivity contribution < 1.29 is 26.7 Å². The van der Waals surface area contributed by atoms with Gasteiger partial charge in [-0.3, -0.25) is 0 Å². The van der Waals surface area contributed by atoms with Gasteiger partial charge in [-0.05, 0) is 85.3 Å². The van der Waals surface area contributed by atoms with Crippen molar-refractivity contribution in [3.05, 3.63) is 29.3 Å². The minimum atomic E-state index is -5.12. The first kappa shape index (κ1) is 29.6. The molecule has 4 unspecified atom stereocenters. The fourth-order valence-electron chi connectivity index (χ4n) is 7.90. The van der Waals surface area contributed by atoms with Crippen LogP contribution < -0.4 is 4.74 Å². The lowest BCUT2D eigenvalue weighted by molar-refractivity contribution is -0.276. The Hall–Kier alpha value is -1.33. The van der Waals surface area contributed by atoms with Gasteiger partial charge >= 0.3 is 6.36 Å². The predicted molar refractivity (Wildman–Crippen MR) is 142 cm³/mol. The molecular weight excluding hydrogens is 495 g/mol. The second-order valence-corrected chi connectivity index (χ2v) is 12.7. The van der Waals surface area contributed by atoms with E-state index in [1.807, 2.05) is 0 Å². The quantitative estimate of drug-likeness (QED) is 0.200. The molecule has 3 saturated carbocycles. The molecule has 4 atom stereocenters. The monoisotopic (exact) mass is 542 g/mol. The fraction of sp³-hybridized carbons (Fsp3) is 0.812. The molecule has 1 aromatic rings. The van der Waals surface area contributed by atoms with Crippen molar-refractivity contribution in [1.82, 2.24) is 0 Å². The molecule has 0 spiro atoms. The Bertz CT molecular complexity index is 837. The molecule has 1 aromatic carbocycles. The maximum absolute atomic E-state index is 14.3. The minimum Gasteiger partial charge on any atom is -0.399 e. The van der Waals surface area contributed by atoms with Gasteiger partial charge in [-0.2, -0.15) is 0 Å². The molecule has 3 aliphatic carbocycles. The first-order valence-corrected chi connectivity index (χ1v) is 15.5. The summed E-state index contributed by atoms with van der Waals surface area (Å²) < 4.78 is 69.5. The van der Waals surface area contributed by atoms with Crippen LogP contribution >= 0.6 is 0 Å². The molecule has 4 rings (SSSR count). The first-order chi connectivity index (χ1) is 18.2. The van der Waals surface area contributed by atoms with Crippen LogP contribution in [0.3, 0.4) is 0 Å². The van der Waals surface area contributed by atoms with Gasteiger partial charge in [-0.1, -0.05) is 90.4 Å². The zero-order valence-corrected chi connectivity index (χ0v) is 23.1. The van der Waals surface area contributed by atoms with Gasteiger partial charge in [0.05, 0.1) is 0 Å². The molecule has 0 amide bonds. The number of hydrogen-bond acceptors (Lipinski definition) is 1. The van der Waals surface area contributed by atoms with Gasteiger partial charge in [0.15, 0.2) is 11.6 Å². The Balaban J connectivity index is 1.17. The van der Waals surface area contributed by atoms with Gasteiger partial charge in [-0.15, -0.1) is 13.2 Å². The second-order valence-electron chi connectivity index (χ2n) is 12.7. The lowest BCUT2D eigenvalue weighted by atomic mass is 9.63. The Morgan fingerprint density at radius 2 is 1.24 bits per heavy atom. The van der Waals surface area contributed by atoms with Gasteiger partial charge < -0.3 is 4.74 Å². The van der Waals surface area contributed by atoms with E-state index in [1.165, 1.54) is 89.9 Å². The summed E-state index contributed by atoms with van der Waals surface area (Å²) in [5.41, 5.74) is 0.465. The molecule has 3 fully saturated rings. The lowest BCUT2D eigenvalue weighted by Gasteiger charge is -2.43. The second kappa shape index (κ2) is 13.8. The standard InChI is InChI=1S/C32H47F5O/c1-2-3-4-5-6-7-22-8-10-23(11-9-22)12-13-24-14-15-26-19-27(17-16-25(26)18-24)28-20-29(33)31(30(34)21-28)38-32(35,36)37/h20-27H,2-19H2,1H3. The highest BCUT2D eigenvalue weighted by atomic mass is 19.4. The number of hydrogen-bond donors (Lipinski definition) is 0. The van der Waals surface area contributed by atoms with E-state index >= 15 is 0 Å². The first-order valence-electron chi connectivity index (χ1n) is 15.5. The molecule has 3 aliphatic rings. The van der Waals surface area contributed by atoms with E-state index < -0.39 is 23.7 Å². The Kier molecular flexibility index (Phi) is 10.8. The largest absolute Gasteiger partial charge is 0.573 e. The van der Waals surface area contributed by atoms with E-state index in [4.69, 9.17) is 0 Å². The molecule has 0 aromatic heterocycles. The molecule has 0 aliphatic heterocycles. The van der Waals surface area contributed by atoms with Gasteiger partial charge in [0, 0.05) is 0 Å². The fourth-order valence-corrected chi connectivity index (χ4v) is 7.90. The summed E-state index contributed by atoms with van der Waals surface area (Å²) in [6.45, 7) is 2.27. The normalized spacial score (nSPS) is 30.2. The molecule has 6 heteroatoms. The van der Waals surface area contributed by atoms with Crippen LogP contribution in [0.15, 0.2) is 12.1 Å². The number of ether oxygens (including phenoxy) is 1. The zero-order valence-electron chi connectivity index (χ0n) is 23.1. The number of fused-ring (bicyclic) bond motifs is 1. The molecule has 0 heterocycles. The average Bonchev–Trinajstić information content (AvgIpc) is 2.89. The van der Waals surface area contributed by atoms with Crippen LogP contribution in [0.5, 0.6) is 5.75 Å². The Morgan fingerprint density at radius 3 is 1.89 bits per heavy atom. The smallest absolute Gasteiger partial charge is 0.399 e. The molecule has 216 valence electrons. The predicted octanol–water partition coefficient (Wildman–Crippen LogP) is 11.1. The van der Waals surface area contributed by atoms with Crippen molar-refractivity contribution in [2.24, 2.45) is 29.6 Å². The van der Waals surface area contributed by atoms with Crippen LogP contribution in [0, 0.1) is 41.2 Å². The van der Waals surface area contributed by atoms with E-state index in [0.717, 1.165) is 55.6 Å². The van der Waals surface area contributed by atoms with Crippen molar-refractivity contribution in [1.29, 1.82) is 0 Å². The van der Waals surface area contributed by atoms with Crippen LogP contribution in [0.2, 0.25) is 0 Å². The maximum Gasteiger partial charge on any atom is 0.573 e. The van der Waals surface area contributed by atoms with Crippen molar-refractivity contribution in [3.8, 4) is 5.75 Å². The summed E-state index contributed by atoms with van der Waals surface area (Å²) in [6, 6.07) is 2.09. The van der Waals surface area contributed by atoms with Gasteiger partial charge in [-0.25, -0.2) is 8.78 Å². The number of rotatable bonds is 11. The van der Waals surface area contributed by atoms with Crippen LogP contribution in [0.4, 0.5) is 22.0 Å². The highest BCUT2D eigenvalue weighted by Crippen LogP contribution is 2.49. The topological polar surface area (TPSA) is 9.23 Å². The van der Waals surface area contributed by atoms with E-state index in [9.17, 15) is 22.0 Å². The molecule has 1 nitrogen and oxygen atoms in total. The summed E-state index contributed by atoms with van der Waals surface area (Å²) >= 11 is 0. The van der Waals surface area contributed by atoms with E-state index in [0.29, 0.717) is 17.4 Å². The van der Waals surface area contributed by atoms with E-state index in [2.05, 4.69) is 11.7 Å². The Labute approximate surface area is 226 Å². The van der Waals surface area contributed by atoms with Crippen molar-refractivity contribution >= 4 is 0 Å². The summed E-state index contributed by atoms with van der Waals surface area (Å²) in [6.07, 6.45) is 18.1. The van der Waals surface area contributed by atoms with Gasteiger partial charge in [0.2, 0.25) is 5.75 Å². The van der Waals surface area contributed by atoms with Crippen molar-refractivity contribution in [2.75, 3.05) is 0 Å². The number of benzene rings is 1. The van der Waals surface area contributed by atoms with Crippen LogP contribution in [0.1, 0.15) is 134 Å². The third-order valence-electron chi connectivity index (χ3n) is 10.1. The number of unbranched alkanes of at least 4 members (excludes halogenated alkanes) is 4. The van der Waals surface area contributed by atoms with Crippen LogP contribution in [0.25, 0.3) is 0 Å². The maximum atomic E-state index is 14.3. The average molecular weight is 543 g/mol. The zero-order chi connectivity index (χ0) is 27.1. The van der Waals surface area contributed by atoms with E-state index in [-0.39, 0.29) is 5.92 Å². The summed E-state index contributed by atoms with van der Waals surface area (Å²) in [7, 11) is 0. The highest BCUT2D eigenvalue weighted by Gasteiger charge is 2.38. The summed E-state index contributed by atoms with van der Waals surface area (Å²) in [5.74, 6) is 0.00434. The molecule has 0 N–H and O–H groups in total. The van der Waals surface area contributed by atoms with Crippen LogP contribution in [-0.4, -0.2) is 6.36 Å². The summed E-state index contributed by atoms with van der Waals surface area (Å²) in [5, 5.41) is 0. The summed E-state index contributed by atoms with van der Waals surface area (Å²) in [4.78, 5) is 0. The highest BCUT2D eigenvalue weighted by molar-refractivity contribution is 5.33. The number of halogens is 5. The molecule has 0 radical (unpaired) electrons. The Morgan fingerprint density at radius 1 is 0.684 bits per heavy atom. The molecule has 38 heavy (non-hydrogen) atoms. The molecular formula is C32H47F5O. The third-order valence-corrected chi connectivity index (χ3v) is 10.1. The number of alkyl halides is 3. The third kappa shape index (κ3) is 8.58. The molecule has 0 bridgehead atoms. The van der Waals surface area contributed by atoms with Crippen molar-refractivity contribution in [3.63, 3.8) is 0 Å². The van der Waals surface area contributed by atoms with E-state index in [1.54, 1.807) is 0 Å².